The van der Waals surface area contributed by atoms with Crippen molar-refractivity contribution in [1.82, 2.24) is 15.1 Å². The molecule has 0 aromatic heterocycles. The Kier molecular flexibility index (Phi) is 3.70. The Morgan fingerprint density at radius 3 is 2.76 bits per heavy atom. The van der Waals surface area contributed by atoms with E-state index in [0.29, 0.717) is 12.6 Å². The van der Waals surface area contributed by atoms with Crippen molar-refractivity contribution in [3.63, 3.8) is 0 Å². The second-order valence-corrected chi connectivity index (χ2v) is 5.57. The van der Waals surface area contributed by atoms with E-state index in [1.54, 1.807) is 0 Å². The first kappa shape index (κ1) is 12.8. The number of nitrogens with one attached hydrogen (secondary N) is 1. The molecule has 0 amide bonds. The van der Waals surface area contributed by atoms with Crippen LogP contribution in [0.1, 0.15) is 19.3 Å². The molecule has 0 aromatic rings. The maximum Gasteiger partial charge on any atom is 0.325 e. The quantitative estimate of drug-likeness (QED) is 0.676. The Balaban J connectivity index is 1.89. The fourth-order valence-electron chi connectivity index (χ4n) is 2.50. The second kappa shape index (κ2) is 4.92. The van der Waals surface area contributed by atoms with Gasteiger partial charge in [-0.25, -0.2) is 0 Å². The Bertz CT molecular complexity index is 291. The van der Waals surface area contributed by atoms with E-state index in [2.05, 4.69) is 15.1 Å². The number of likely N-dealkylation sites (tertiary alicyclic amines) is 1. The minimum atomic E-state index is -0.710. The van der Waals surface area contributed by atoms with Crippen LogP contribution in [0.4, 0.5) is 0 Å². The molecule has 5 nitrogen and oxygen atoms in total. The topological polar surface area (TPSA) is 55.8 Å². The maximum atomic E-state index is 11.5. The highest BCUT2D eigenvalue weighted by molar-refractivity contribution is 5.79. The average Bonchev–Trinajstić information content (AvgIpc) is 3.00. The summed E-state index contributed by atoms with van der Waals surface area (Å²) >= 11 is 0. The number of likely N-dealkylation sites (N-methyl/N-ethyl adjacent to an activating group) is 1. The summed E-state index contributed by atoms with van der Waals surface area (Å²) in [5.41, 5.74) is -0.710. The lowest BCUT2D eigenvalue weighted by atomic mass is 9.99. The number of carboxylic acids is 1. The first-order valence-corrected chi connectivity index (χ1v) is 6.41. The molecule has 1 heterocycles. The van der Waals surface area contributed by atoms with E-state index in [-0.39, 0.29) is 0 Å². The van der Waals surface area contributed by atoms with Gasteiger partial charge in [-0.15, -0.1) is 0 Å². The third-order valence-electron chi connectivity index (χ3n) is 3.79. The monoisotopic (exact) mass is 241 g/mol. The smallest absolute Gasteiger partial charge is 0.325 e. The molecule has 2 N–H and O–H groups in total. The molecule has 0 aromatic carbocycles. The van der Waals surface area contributed by atoms with Crippen LogP contribution in [0.5, 0.6) is 0 Å². The number of hydrogen-bond donors (Lipinski definition) is 2. The van der Waals surface area contributed by atoms with Gasteiger partial charge in [0, 0.05) is 32.2 Å². The zero-order valence-corrected chi connectivity index (χ0v) is 10.8. The molecular weight excluding hydrogens is 218 g/mol. The summed E-state index contributed by atoms with van der Waals surface area (Å²) in [6.07, 6.45) is 3.22. The highest BCUT2D eigenvalue weighted by Crippen LogP contribution is 2.33. The highest BCUT2D eigenvalue weighted by Gasteiger charge is 2.47. The molecule has 0 spiro atoms. The molecule has 98 valence electrons. The predicted molar refractivity (Wildman–Crippen MR) is 66.1 cm³/mol. The third-order valence-corrected chi connectivity index (χ3v) is 3.79. The summed E-state index contributed by atoms with van der Waals surface area (Å²) in [6.45, 7) is 3.20. The Labute approximate surface area is 103 Å². The summed E-state index contributed by atoms with van der Waals surface area (Å²) in [4.78, 5) is 15.9. The number of nitrogens with zero attached hydrogens (tertiary/aromatic N) is 2. The summed E-state index contributed by atoms with van der Waals surface area (Å²) in [5, 5.41) is 12.7. The van der Waals surface area contributed by atoms with Gasteiger partial charge in [-0.2, -0.15) is 0 Å². The molecule has 5 heteroatoms. The predicted octanol–water partition coefficient (Wildman–Crippen LogP) is -0.171. The van der Waals surface area contributed by atoms with E-state index >= 15 is 0 Å². The lowest BCUT2D eigenvalue weighted by Crippen LogP contribution is -2.55. The van der Waals surface area contributed by atoms with Gasteiger partial charge >= 0.3 is 5.97 Å². The van der Waals surface area contributed by atoms with Gasteiger partial charge in [-0.05, 0) is 33.4 Å². The fraction of sp³-hybridized carbons (Fsp3) is 0.917. The van der Waals surface area contributed by atoms with E-state index in [1.165, 1.54) is 12.8 Å². The first-order valence-electron chi connectivity index (χ1n) is 6.41. The van der Waals surface area contributed by atoms with Crippen LogP contribution in [0, 0.1) is 0 Å². The zero-order valence-electron chi connectivity index (χ0n) is 10.8. The van der Waals surface area contributed by atoms with Crippen LogP contribution in [0.25, 0.3) is 0 Å². The fourth-order valence-corrected chi connectivity index (χ4v) is 2.50. The van der Waals surface area contributed by atoms with Gasteiger partial charge in [0.2, 0.25) is 0 Å². The van der Waals surface area contributed by atoms with Crippen LogP contribution in [0.15, 0.2) is 0 Å². The number of rotatable bonds is 6. The van der Waals surface area contributed by atoms with Crippen LogP contribution in [-0.2, 0) is 4.79 Å². The lowest BCUT2D eigenvalue weighted by molar-refractivity contribution is -0.144. The van der Waals surface area contributed by atoms with Gasteiger partial charge in [0.15, 0.2) is 0 Å². The maximum absolute atomic E-state index is 11.5. The van der Waals surface area contributed by atoms with Crippen molar-refractivity contribution in [1.29, 1.82) is 0 Å². The molecule has 0 bridgehead atoms. The largest absolute Gasteiger partial charge is 0.480 e. The Hall–Kier alpha value is -0.650. The summed E-state index contributed by atoms with van der Waals surface area (Å²) in [5.74, 6) is -0.695. The Morgan fingerprint density at radius 2 is 2.24 bits per heavy atom. The number of hydrogen-bond acceptors (Lipinski definition) is 4. The van der Waals surface area contributed by atoms with E-state index < -0.39 is 11.5 Å². The van der Waals surface area contributed by atoms with Gasteiger partial charge in [0.05, 0.1) is 0 Å². The zero-order chi connectivity index (χ0) is 12.5. The first-order chi connectivity index (χ1) is 8.03. The van der Waals surface area contributed by atoms with Crippen molar-refractivity contribution >= 4 is 5.97 Å². The molecule has 1 aliphatic carbocycles. The molecule has 1 aliphatic heterocycles. The number of aliphatic carboxylic acids is 1. The van der Waals surface area contributed by atoms with E-state index in [4.69, 9.17) is 0 Å². The van der Waals surface area contributed by atoms with Crippen molar-refractivity contribution in [3.8, 4) is 0 Å². The van der Waals surface area contributed by atoms with Crippen molar-refractivity contribution in [2.45, 2.75) is 30.8 Å². The summed E-state index contributed by atoms with van der Waals surface area (Å²) < 4.78 is 0. The standard InChI is InChI=1S/C12H23N3O2/c1-14(2)8-6-13-12(11(16)17)5-7-15(9-12)10-3-4-10/h10,13H,3-9H2,1-2H3,(H,16,17). The second-order valence-electron chi connectivity index (χ2n) is 5.57. The minimum absolute atomic E-state index is 0.659. The highest BCUT2D eigenvalue weighted by atomic mass is 16.4. The van der Waals surface area contributed by atoms with Gasteiger partial charge in [-0.1, -0.05) is 0 Å². The number of carbonyl (C=O) groups is 1. The number of carboxylic acid groups (broad SMARTS) is 1. The molecule has 0 radical (unpaired) electrons. The van der Waals surface area contributed by atoms with Gasteiger partial charge in [0.1, 0.15) is 5.54 Å². The third kappa shape index (κ3) is 2.97. The summed E-state index contributed by atoms with van der Waals surface area (Å²) in [6, 6.07) is 0.659. The van der Waals surface area contributed by atoms with Crippen LogP contribution in [0.2, 0.25) is 0 Å². The van der Waals surface area contributed by atoms with Crippen LogP contribution in [0.3, 0.4) is 0 Å². The van der Waals surface area contributed by atoms with Crippen LogP contribution >= 0.6 is 0 Å². The molecule has 2 aliphatic rings. The lowest BCUT2D eigenvalue weighted by Gasteiger charge is -2.27. The molecule has 1 unspecified atom stereocenters. The summed E-state index contributed by atoms with van der Waals surface area (Å²) in [7, 11) is 4.00. The van der Waals surface area contributed by atoms with Gasteiger partial charge < -0.3 is 10.0 Å². The van der Waals surface area contributed by atoms with Crippen LogP contribution < -0.4 is 5.32 Å². The SMILES string of the molecule is CN(C)CCNC1(C(=O)O)CCN(C2CC2)C1. The molecule has 1 saturated heterocycles. The van der Waals surface area contributed by atoms with Crippen molar-refractivity contribution in [2.24, 2.45) is 0 Å². The van der Waals surface area contributed by atoms with Crippen molar-refractivity contribution in [3.05, 3.63) is 0 Å². The van der Waals surface area contributed by atoms with E-state index in [9.17, 15) is 9.90 Å². The molecule has 1 saturated carbocycles. The molecule has 2 fully saturated rings. The van der Waals surface area contributed by atoms with Gasteiger partial charge in [0.25, 0.3) is 0 Å². The van der Waals surface area contributed by atoms with Crippen molar-refractivity contribution < 1.29 is 9.90 Å². The van der Waals surface area contributed by atoms with E-state index in [1.807, 2.05) is 14.1 Å². The average molecular weight is 241 g/mol. The molecule has 1 atom stereocenters. The van der Waals surface area contributed by atoms with Crippen molar-refractivity contribution in [2.75, 3.05) is 40.3 Å². The van der Waals surface area contributed by atoms with Gasteiger partial charge in [-0.3, -0.25) is 15.0 Å². The molecular formula is C12H23N3O2. The van der Waals surface area contributed by atoms with Crippen LogP contribution in [-0.4, -0.2) is 72.7 Å². The minimum Gasteiger partial charge on any atom is -0.480 e. The van der Waals surface area contributed by atoms with E-state index in [0.717, 1.165) is 26.1 Å². The Morgan fingerprint density at radius 1 is 1.53 bits per heavy atom. The molecule has 17 heavy (non-hydrogen) atoms. The normalized spacial score (nSPS) is 30.1. The molecule has 2 rings (SSSR count).